The van der Waals surface area contributed by atoms with E-state index in [1.807, 2.05) is 200 Å². The summed E-state index contributed by atoms with van der Waals surface area (Å²) < 4.78 is 34.3. The van der Waals surface area contributed by atoms with E-state index in [4.69, 9.17) is 44.9 Å². The molecular formula is C69H42F2N10. The summed E-state index contributed by atoms with van der Waals surface area (Å²) in [5.41, 5.74) is 8.98. The first-order valence-electron chi connectivity index (χ1n) is 26.2. The van der Waals surface area contributed by atoms with Crippen LogP contribution in [0.4, 0.5) is 8.78 Å². The van der Waals surface area contributed by atoms with Gasteiger partial charge in [-0.15, -0.1) is 0 Å². The highest BCUT2D eigenvalue weighted by molar-refractivity contribution is 6.11. The van der Waals surface area contributed by atoms with Crippen LogP contribution in [0.5, 0.6) is 0 Å². The molecule has 0 aliphatic heterocycles. The topological polar surface area (TPSA) is 121 Å². The van der Waals surface area contributed by atoms with Crippen LogP contribution in [-0.2, 0) is 0 Å². The molecule has 10 nitrogen and oxygen atoms in total. The van der Waals surface area contributed by atoms with Crippen molar-refractivity contribution in [3.63, 3.8) is 0 Å². The van der Waals surface area contributed by atoms with E-state index in [-0.39, 0.29) is 17.0 Å². The minimum Gasteiger partial charge on any atom is -0.308 e. The number of nitrogens with zero attached hydrogens (tertiary/aromatic N) is 10. The van der Waals surface area contributed by atoms with E-state index in [1.165, 1.54) is 18.2 Å². The fourth-order valence-electron chi connectivity index (χ4n) is 10.2. The Labute approximate surface area is 463 Å². The van der Waals surface area contributed by atoms with Gasteiger partial charge in [-0.3, -0.25) is 0 Å². The molecular weight excluding hydrogens is 1010 g/mol. The van der Waals surface area contributed by atoms with Crippen molar-refractivity contribution in [3.8, 4) is 119 Å². The van der Waals surface area contributed by atoms with E-state index in [2.05, 4.69) is 28.8 Å². The van der Waals surface area contributed by atoms with Gasteiger partial charge in [0.1, 0.15) is 11.6 Å². The Balaban J connectivity index is 1.07. The molecule has 12 heteroatoms. The maximum Gasteiger partial charge on any atom is 0.166 e. The lowest BCUT2D eigenvalue weighted by molar-refractivity contribution is 0.589. The minimum absolute atomic E-state index is 0.186. The molecule has 0 spiro atoms. The van der Waals surface area contributed by atoms with Crippen molar-refractivity contribution < 1.29 is 8.78 Å². The number of benzene rings is 10. The van der Waals surface area contributed by atoms with Crippen LogP contribution in [0.15, 0.2) is 255 Å². The second-order valence-corrected chi connectivity index (χ2v) is 19.2. The number of hydrogen-bond donors (Lipinski definition) is 0. The van der Waals surface area contributed by atoms with Gasteiger partial charge in [0.15, 0.2) is 52.4 Å². The maximum absolute atomic E-state index is 16.1. The predicted octanol–water partition coefficient (Wildman–Crippen LogP) is 16.3. The van der Waals surface area contributed by atoms with Crippen molar-refractivity contribution in [2.24, 2.45) is 0 Å². The van der Waals surface area contributed by atoms with Crippen LogP contribution in [0.2, 0.25) is 0 Å². The lowest BCUT2D eigenvalue weighted by Gasteiger charge is -2.17. The fraction of sp³-hybridized carbons (Fsp3) is 0. The second-order valence-electron chi connectivity index (χ2n) is 19.2. The summed E-state index contributed by atoms with van der Waals surface area (Å²) in [6.07, 6.45) is 0. The number of hydrogen-bond acceptors (Lipinski definition) is 9. The molecule has 0 radical (unpaired) electrons. The van der Waals surface area contributed by atoms with Crippen LogP contribution >= 0.6 is 0 Å². The van der Waals surface area contributed by atoms with Crippen molar-refractivity contribution >= 4 is 21.8 Å². The average molecular weight is 1050 g/mol. The lowest BCUT2D eigenvalue weighted by atomic mass is 9.99. The molecule has 0 amide bonds. The molecule has 0 unspecified atom stereocenters. The third-order valence-electron chi connectivity index (χ3n) is 14.1. The summed E-state index contributed by atoms with van der Waals surface area (Å²) in [5.74, 6) is 2.65. The Hall–Kier alpha value is -11.1. The van der Waals surface area contributed by atoms with Crippen molar-refractivity contribution in [2.45, 2.75) is 0 Å². The van der Waals surface area contributed by atoms with Gasteiger partial charge in [-0.1, -0.05) is 218 Å². The van der Waals surface area contributed by atoms with Crippen LogP contribution in [-0.4, -0.2) is 49.4 Å². The Morgan fingerprint density at radius 1 is 0.235 bits per heavy atom. The van der Waals surface area contributed by atoms with E-state index < -0.39 is 11.6 Å². The van der Waals surface area contributed by atoms with E-state index in [0.717, 1.165) is 55.2 Å². The standard InChI is InChI=1S/C69H42F2N10/c70-55-32-19-33-56(71)60(55)49-36-39-57(54(40-49)69-79-65(47-28-15-5-16-29-47)74-66(80-69)48-30-17-6-18-31-48)81-58-41-50(67-75-61(43-20-7-1-8-21-43)72-62(76-67)44-22-9-2-10-23-44)34-37-52(58)53-38-35-51(42-59(53)81)68-77-63(45-24-11-3-12-25-45)73-64(78-68)46-26-13-4-14-27-46/h1-42H. The SMILES string of the molecule is Fc1cccc(F)c1-c1ccc(-n2c3cc(-c4nc(-c5ccccc5)nc(-c5ccccc5)n4)ccc3c3ccc(-c4nc(-c5ccccc5)nc(-c5ccccc5)n4)cc32)c(-c2nc(-c3ccccc3)nc(-c3ccccc3)n2)c1. The molecule has 0 aliphatic carbocycles. The number of rotatable bonds is 11. The Morgan fingerprint density at radius 3 is 0.840 bits per heavy atom. The van der Waals surface area contributed by atoms with Gasteiger partial charge >= 0.3 is 0 Å². The van der Waals surface area contributed by atoms with E-state index in [0.29, 0.717) is 69.0 Å². The first kappa shape index (κ1) is 48.3. The fourth-order valence-corrected chi connectivity index (χ4v) is 10.2. The lowest BCUT2D eigenvalue weighted by Crippen LogP contribution is -2.05. The molecule has 0 N–H and O–H groups in total. The van der Waals surface area contributed by atoms with Gasteiger partial charge in [-0.05, 0) is 42.0 Å². The molecule has 81 heavy (non-hydrogen) atoms. The summed E-state index contributed by atoms with van der Waals surface area (Å²) >= 11 is 0. The number of halogens is 2. The molecule has 4 aromatic heterocycles. The molecule has 4 heterocycles. The van der Waals surface area contributed by atoms with Crippen LogP contribution in [0.1, 0.15) is 0 Å². The first-order valence-corrected chi connectivity index (χ1v) is 26.2. The molecule has 0 saturated heterocycles. The smallest absolute Gasteiger partial charge is 0.166 e. The van der Waals surface area contributed by atoms with Gasteiger partial charge in [-0.25, -0.2) is 53.6 Å². The summed E-state index contributed by atoms with van der Waals surface area (Å²) in [6, 6.07) is 80.3. The predicted molar refractivity (Wildman–Crippen MR) is 315 cm³/mol. The van der Waals surface area contributed by atoms with Crippen LogP contribution in [0.25, 0.3) is 141 Å². The number of fused-ring (bicyclic) bond motifs is 3. The molecule has 382 valence electrons. The molecule has 10 aromatic carbocycles. The third kappa shape index (κ3) is 9.32. The van der Waals surface area contributed by atoms with Crippen LogP contribution in [0, 0.1) is 11.6 Å². The molecule has 0 atom stereocenters. The van der Waals surface area contributed by atoms with E-state index in [9.17, 15) is 0 Å². The number of aromatic nitrogens is 10. The van der Waals surface area contributed by atoms with Crippen molar-refractivity contribution in [1.82, 2.24) is 49.4 Å². The van der Waals surface area contributed by atoms with Gasteiger partial charge < -0.3 is 4.57 Å². The summed E-state index contributed by atoms with van der Waals surface area (Å²) in [6.45, 7) is 0. The monoisotopic (exact) mass is 1050 g/mol. The van der Waals surface area contributed by atoms with E-state index in [1.54, 1.807) is 12.1 Å². The Morgan fingerprint density at radius 2 is 0.519 bits per heavy atom. The Bertz CT molecular complexity index is 4270. The third-order valence-corrected chi connectivity index (χ3v) is 14.1. The zero-order chi connectivity index (χ0) is 54.2. The normalized spacial score (nSPS) is 11.3. The van der Waals surface area contributed by atoms with Crippen LogP contribution in [0.3, 0.4) is 0 Å². The molecule has 0 saturated carbocycles. The quantitative estimate of drug-likeness (QED) is 0.125. The van der Waals surface area contributed by atoms with Crippen LogP contribution < -0.4 is 0 Å². The van der Waals surface area contributed by atoms with Crippen molar-refractivity contribution in [3.05, 3.63) is 266 Å². The molecule has 0 bridgehead atoms. The average Bonchev–Trinajstić information content (AvgIpc) is 4.13. The maximum atomic E-state index is 16.1. The highest BCUT2D eigenvalue weighted by Crippen LogP contribution is 2.42. The highest BCUT2D eigenvalue weighted by Gasteiger charge is 2.24. The zero-order valence-electron chi connectivity index (χ0n) is 43.0. The molecule has 0 aliphatic rings. The summed E-state index contributed by atoms with van der Waals surface area (Å²) in [4.78, 5) is 46.0. The first-order chi connectivity index (χ1) is 40.0. The van der Waals surface area contributed by atoms with Crippen molar-refractivity contribution in [2.75, 3.05) is 0 Å². The van der Waals surface area contributed by atoms with Gasteiger partial charge in [0.2, 0.25) is 0 Å². The van der Waals surface area contributed by atoms with E-state index >= 15 is 8.78 Å². The van der Waals surface area contributed by atoms with Crippen molar-refractivity contribution in [1.29, 1.82) is 0 Å². The van der Waals surface area contributed by atoms with Gasteiger partial charge in [-0.2, -0.15) is 0 Å². The Kier molecular flexibility index (Phi) is 12.3. The van der Waals surface area contributed by atoms with Gasteiger partial charge in [0, 0.05) is 60.8 Å². The largest absolute Gasteiger partial charge is 0.308 e. The second kappa shape index (κ2) is 20.7. The molecule has 14 rings (SSSR count). The highest BCUT2D eigenvalue weighted by atomic mass is 19.1. The zero-order valence-corrected chi connectivity index (χ0v) is 43.0. The molecule has 0 fully saturated rings. The van der Waals surface area contributed by atoms with Gasteiger partial charge in [0.05, 0.1) is 22.3 Å². The molecule has 14 aromatic rings. The summed E-state index contributed by atoms with van der Waals surface area (Å²) in [5, 5.41) is 1.79. The minimum atomic E-state index is -0.713. The van der Waals surface area contributed by atoms with Gasteiger partial charge in [0.25, 0.3) is 0 Å². The summed E-state index contributed by atoms with van der Waals surface area (Å²) in [7, 11) is 0.